The number of benzene rings is 1. The molecule has 3 heterocycles. The Bertz CT molecular complexity index is 1250. The van der Waals surface area contributed by atoms with Crippen LogP contribution in [0.4, 0.5) is 8.78 Å². The Morgan fingerprint density at radius 3 is 2.78 bits per heavy atom. The van der Waals surface area contributed by atoms with Crippen molar-refractivity contribution >= 4 is 11.6 Å². The second-order valence-electron chi connectivity index (χ2n) is 9.65. The van der Waals surface area contributed by atoms with Crippen molar-refractivity contribution in [3.8, 4) is 28.5 Å². The number of carbonyl (C=O) groups excluding carboxylic acids is 1. The fourth-order valence-corrected chi connectivity index (χ4v) is 4.55. The number of ether oxygens (including phenoxy) is 3. The minimum absolute atomic E-state index is 0.0490. The van der Waals surface area contributed by atoms with Crippen LogP contribution in [0.2, 0.25) is 0 Å². The summed E-state index contributed by atoms with van der Waals surface area (Å²) in [4.78, 5) is 17.2. The number of hydrogen-bond acceptors (Lipinski definition) is 6. The van der Waals surface area contributed by atoms with Crippen LogP contribution in [0.3, 0.4) is 0 Å². The highest BCUT2D eigenvalue weighted by molar-refractivity contribution is 6.01. The van der Waals surface area contributed by atoms with Gasteiger partial charge in [0.15, 0.2) is 0 Å². The van der Waals surface area contributed by atoms with Gasteiger partial charge >= 0.3 is 6.61 Å². The lowest BCUT2D eigenvalue weighted by molar-refractivity contribution is -0.0502. The van der Waals surface area contributed by atoms with E-state index in [0.717, 1.165) is 25.8 Å². The Morgan fingerprint density at radius 1 is 1.28 bits per heavy atom. The molecule has 0 bridgehead atoms. The van der Waals surface area contributed by atoms with Crippen molar-refractivity contribution in [3.63, 3.8) is 0 Å². The van der Waals surface area contributed by atoms with Gasteiger partial charge < -0.3 is 24.8 Å². The molecule has 1 saturated heterocycles. The molecule has 2 fully saturated rings. The zero-order valence-electron chi connectivity index (χ0n) is 20.4. The number of carbonyl (C=O) groups is 1. The molecule has 36 heavy (non-hydrogen) atoms. The Labute approximate surface area is 207 Å². The van der Waals surface area contributed by atoms with Crippen LogP contribution < -0.4 is 24.8 Å². The number of alkyl halides is 2. The van der Waals surface area contributed by atoms with Crippen LogP contribution in [-0.2, 0) is 0 Å². The van der Waals surface area contributed by atoms with Crippen molar-refractivity contribution in [1.29, 1.82) is 0 Å². The van der Waals surface area contributed by atoms with Crippen molar-refractivity contribution in [3.05, 3.63) is 42.2 Å². The second-order valence-corrected chi connectivity index (χ2v) is 9.65. The number of piperidine rings is 1. The summed E-state index contributed by atoms with van der Waals surface area (Å²) in [5.74, 6) is 0.0855. The zero-order valence-corrected chi connectivity index (χ0v) is 20.4. The summed E-state index contributed by atoms with van der Waals surface area (Å²) < 4.78 is 44.6. The fraction of sp³-hybridized carbons (Fsp3) is 0.462. The molecule has 0 radical (unpaired) electrons. The van der Waals surface area contributed by atoms with Gasteiger partial charge in [-0.15, -0.1) is 0 Å². The van der Waals surface area contributed by atoms with Crippen LogP contribution in [0, 0.1) is 0 Å². The molecular weight excluding hydrogens is 470 g/mol. The van der Waals surface area contributed by atoms with Crippen LogP contribution in [0.1, 0.15) is 49.4 Å². The maximum absolute atomic E-state index is 13.2. The van der Waals surface area contributed by atoms with Gasteiger partial charge in [-0.2, -0.15) is 8.78 Å². The van der Waals surface area contributed by atoms with E-state index >= 15 is 0 Å². The van der Waals surface area contributed by atoms with Crippen LogP contribution in [0.15, 0.2) is 36.7 Å². The second kappa shape index (κ2) is 9.93. The first-order valence-electron chi connectivity index (χ1n) is 12.2. The first-order valence-corrected chi connectivity index (χ1v) is 12.2. The van der Waals surface area contributed by atoms with Gasteiger partial charge in [-0.1, -0.05) is 6.42 Å². The molecule has 192 valence electrons. The number of imidazole rings is 1. The topological polar surface area (TPSA) is 86.1 Å². The lowest BCUT2D eigenvalue weighted by Gasteiger charge is -2.34. The van der Waals surface area contributed by atoms with E-state index in [9.17, 15) is 13.6 Å². The SMILES string of the molecule is COc1cc(-c2cnc3cc(OCC4(C)CCCCN4)ccn23)cc(OC(F)F)c1C(=O)NC1CC1. The van der Waals surface area contributed by atoms with Gasteiger partial charge in [0.2, 0.25) is 0 Å². The molecule has 2 N–H and O–H groups in total. The summed E-state index contributed by atoms with van der Waals surface area (Å²) in [5.41, 5.74) is 1.67. The highest BCUT2D eigenvalue weighted by Crippen LogP contribution is 2.37. The largest absolute Gasteiger partial charge is 0.496 e. The van der Waals surface area contributed by atoms with Crippen LogP contribution in [-0.4, -0.2) is 53.7 Å². The lowest BCUT2D eigenvalue weighted by atomic mass is 9.92. The van der Waals surface area contributed by atoms with Crippen molar-refractivity contribution in [2.75, 3.05) is 20.3 Å². The summed E-state index contributed by atoms with van der Waals surface area (Å²) >= 11 is 0. The summed E-state index contributed by atoms with van der Waals surface area (Å²) in [6, 6.07) is 6.77. The van der Waals surface area contributed by atoms with Crippen molar-refractivity contribution in [2.45, 2.75) is 57.2 Å². The molecule has 10 heteroatoms. The Morgan fingerprint density at radius 2 is 2.08 bits per heavy atom. The zero-order chi connectivity index (χ0) is 25.3. The van der Waals surface area contributed by atoms with Gasteiger partial charge in [0.05, 0.1) is 19.0 Å². The monoisotopic (exact) mass is 500 g/mol. The minimum Gasteiger partial charge on any atom is -0.496 e. The quantitative estimate of drug-likeness (QED) is 0.453. The molecule has 1 atom stereocenters. The molecule has 3 aromatic rings. The third-order valence-corrected chi connectivity index (χ3v) is 6.69. The number of nitrogens with one attached hydrogen (secondary N) is 2. The van der Waals surface area contributed by atoms with Gasteiger partial charge in [-0.25, -0.2) is 4.98 Å². The standard InChI is InChI=1S/C26H30F2N4O4/c1-26(8-3-4-9-30-26)15-35-18-7-10-32-19(14-29-22(32)13-18)16-11-20(34-2)23(21(12-16)36-25(27)28)24(33)31-17-5-6-17/h7,10-14,17,25,30H,3-6,8-9,15H2,1-2H3,(H,31,33). The molecule has 2 aromatic heterocycles. The number of amides is 1. The smallest absolute Gasteiger partial charge is 0.387 e. The summed E-state index contributed by atoms with van der Waals surface area (Å²) in [6.07, 6.45) is 8.59. The van der Waals surface area contributed by atoms with Gasteiger partial charge in [0.1, 0.15) is 35.1 Å². The van der Waals surface area contributed by atoms with E-state index in [0.29, 0.717) is 29.3 Å². The van der Waals surface area contributed by atoms with Gasteiger partial charge in [-0.05, 0) is 57.4 Å². The molecule has 8 nitrogen and oxygen atoms in total. The first-order chi connectivity index (χ1) is 17.3. The maximum atomic E-state index is 13.2. The molecular formula is C26H30F2N4O4. The number of rotatable bonds is 9. The van der Waals surface area contributed by atoms with Gasteiger partial charge in [-0.3, -0.25) is 9.20 Å². The number of halogens is 2. The molecule has 1 aromatic carbocycles. The van der Waals surface area contributed by atoms with Crippen molar-refractivity contribution in [2.24, 2.45) is 0 Å². The predicted octanol–water partition coefficient (Wildman–Crippen LogP) is 4.41. The number of pyridine rings is 1. The van der Waals surface area contributed by atoms with E-state index in [1.54, 1.807) is 12.3 Å². The highest BCUT2D eigenvalue weighted by Gasteiger charge is 2.29. The summed E-state index contributed by atoms with van der Waals surface area (Å²) in [5, 5.41) is 6.34. The Kier molecular flexibility index (Phi) is 6.70. The molecule has 0 spiro atoms. The van der Waals surface area contributed by atoms with E-state index in [1.165, 1.54) is 26.0 Å². The predicted molar refractivity (Wildman–Crippen MR) is 130 cm³/mol. The van der Waals surface area contributed by atoms with Crippen LogP contribution in [0.25, 0.3) is 16.9 Å². The normalized spacial score (nSPS) is 19.9. The molecule has 1 aliphatic carbocycles. The maximum Gasteiger partial charge on any atom is 0.387 e. The van der Waals surface area contributed by atoms with E-state index < -0.39 is 12.5 Å². The van der Waals surface area contributed by atoms with E-state index in [-0.39, 0.29) is 28.6 Å². The third kappa shape index (κ3) is 5.23. The molecule has 1 unspecified atom stereocenters. The average molecular weight is 501 g/mol. The van der Waals surface area contributed by atoms with Crippen LogP contribution >= 0.6 is 0 Å². The third-order valence-electron chi connectivity index (χ3n) is 6.69. The van der Waals surface area contributed by atoms with Crippen molar-refractivity contribution < 1.29 is 27.8 Å². The Balaban J connectivity index is 1.44. The number of fused-ring (bicyclic) bond motifs is 1. The first kappa shape index (κ1) is 24.3. The van der Waals surface area contributed by atoms with Crippen LogP contribution in [0.5, 0.6) is 17.2 Å². The highest BCUT2D eigenvalue weighted by atomic mass is 19.3. The van der Waals surface area contributed by atoms with E-state index in [4.69, 9.17) is 14.2 Å². The molecule has 1 saturated carbocycles. The Hall–Kier alpha value is -3.40. The molecule has 1 aliphatic heterocycles. The molecule has 2 aliphatic rings. The fourth-order valence-electron chi connectivity index (χ4n) is 4.55. The summed E-state index contributed by atoms with van der Waals surface area (Å²) in [6.45, 7) is 0.607. The van der Waals surface area contributed by atoms with Crippen molar-refractivity contribution in [1.82, 2.24) is 20.0 Å². The number of aromatic nitrogens is 2. The average Bonchev–Trinajstić information content (AvgIpc) is 3.57. The van der Waals surface area contributed by atoms with E-state index in [2.05, 4.69) is 22.5 Å². The summed E-state index contributed by atoms with van der Waals surface area (Å²) in [7, 11) is 1.39. The van der Waals surface area contributed by atoms with Gasteiger partial charge in [0, 0.05) is 29.4 Å². The van der Waals surface area contributed by atoms with Gasteiger partial charge in [0.25, 0.3) is 5.91 Å². The number of methoxy groups -OCH3 is 1. The lowest BCUT2D eigenvalue weighted by Crippen LogP contribution is -2.50. The molecule has 5 rings (SSSR count). The molecule has 1 amide bonds. The number of hydrogen-bond donors (Lipinski definition) is 2. The number of nitrogens with zero attached hydrogens (tertiary/aromatic N) is 2. The van der Waals surface area contributed by atoms with E-state index in [1.807, 2.05) is 22.7 Å². The minimum atomic E-state index is -3.10.